The minimum atomic E-state index is -0.297. The Morgan fingerprint density at radius 3 is 2.57 bits per heavy atom. The van der Waals surface area contributed by atoms with E-state index in [0.29, 0.717) is 28.9 Å². The van der Waals surface area contributed by atoms with E-state index >= 15 is 0 Å². The van der Waals surface area contributed by atoms with Gasteiger partial charge < -0.3 is 4.52 Å². The molecule has 0 aliphatic heterocycles. The Bertz CT molecular complexity index is 1090. The summed E-state index contributed by atoms with van der Waals surface area (Å²) in [5, 5.41) is 13.6. The molecule has 2 heterocycles. The largest absolute Gasteiger partial charge is 0.338 e. The molecule has 0 bridgehead atoms. The van der Waals surface area contributed by atoms with Crippen molar-refractivity contribution in [2.45, 2.75) is 29.7 Å². The van der Waals surface area contributed by atoms with Gasteiger partial charge in [-0.15, -0.1) is 10.2 Å². The molecule has 0 spiro atoms. The van der Waals surface area contributed by atoms with Crippen molar-refractivity contribution < 1.29 is 8.91 Å². The van der Waals surface area contributed by atoms with Crippen LogP contribution in [0, 0.1) is 5.82 Å². The fraction of sp³-hybridized carbons (Fsp3) is 0.200. The fourth-order valence-electron chi connectivity index (χ4n) is 2.96. The third kappa shape index (κ3) is 3.43. The molecule has 140 valence electrons. The van der Waals surface area contributed by atoms with Gasteiger partial charge in [0, 0.05) is 17.2 Å². The molecule has 1 aliphatic rings. The molecule has 1 saturated carbocycles. The highest BCUT2D eigenvalue weighted by atomic mass is 32.2. The van der Waals surface area contributed by atoms with Crippen LogP contribution in [0.2, 0.25) is 0 Å². The zero-order chi connectivity index (χ0) is 18.9. The van der Waals surface area contributed by atoms with E-state index < -0.39 is 0 Å². The Labute approximate surface area is 164 Å². The van der Waals surface area contributed by atoms with Crippen LogP contribution in [0.5, 0.6) is 0 Å². The SMILES string of the molecule is Fc1ccc(-c2noc(CSc3nnc(C4CC4)n3-c3ccccc3)n2)cc1. The average molecular weight is 393 g/mol. The summed E-state index contributed by atoms with van der Waals surface area (Å²) in [5.41, 5.74) is 1.76. The normalized spacial score (nSPS) is 13.8. The van der Waals surface area contributed by atoms with Crippen molar-refractivity contribution in [3.05, 3.63) is 72.1 Å². The molecule has 0 N–H and O–H groups in total. The first-order chi connectivity index (χ1) is 13.8. The molecular weight excluding hydrogens is 377 g/mol. The predicted octanol–water partition coefficient (Wildman–Crippen LogP) is 4.63. The zero-order valence-electron chi connectivity index (χ0n) is 14.8. The highest BCUT2D eigenvalue weighted by molar-refractivity contribution is 7.98. The number of benzene rings is 2. The summed E-state index contributed by atoms with van der Waals surface area (Å²) in [7, 11) is 0. The summed E-state index contributed by atoms with van der Waals surface area (Å²) in [5.74, 6) is 2.60. The molecule has 0 unspecified atom stereocenters. The van der Waals surface area contributed by atoms with Crippen molar-refractivity contribution in [3.63, 3.8) is 0 Å². The van der Waals surface area contributed by atoms with E-state index in [0.717, 1.165) is 29.5 Å². The molecule has 4 aromatic rings. The van der Waals surface area contributed by atoms with E-state index in [4.69, 9.17) is 4.52 Å². The third-order valence-electron chi connectivity index (χ3n) is 4.51. The van der Waals surface area contributed by atoms with Crippen LogP contribution in [0.4, 0.5) is 4.39 Å². The Morgan fingerprint density at radius 1 is 1.04 bits per heavy atom. The number of halogens is 1. The smallest absolute Gasteiger partial charge is 0.237 e. The highest BCUT2D eigenvalue weighted by Gasteiger charge is 2.31. The highest BCUT2D eigenvalue weighted by Crippen LogP contribution is 2.41. The first-order valence-electron chi connectivity index (χ1n) is 9.00. The van der Waals surface area contributed by atoms with Gasteiger partial charge in [0.25, 0.3) is 0 Å². The van der Waals surface area contributed by atoms with Crippen LogP contribution in [0.15, 0.2) is 64.3 Å². The van der Waals surface area contributed by atoms with E-state index in [2.05, 4.69) is 37.0 Å². The molecule has 2 aromatic carbocycles. The zero-order valence-corrected chi connectivity index (χ0v) is 15.6. The van der Waals surface area contributed by atoms with Gasteiger partial charge in [-0.2, -0.15) is 4.98 Å². The summed E-state index contributed by atoms with van der Waals surface area (Å²) in [4.78, 5) is 4.40. The van der Waals surface area contributed by atoms with E-state index in [-0.39, 0.29) is 5.82 Å². The second kappa shape index (κ2) is 7.20. The van der Waals surface area contributed by atoms with Gasteiger partial charge in [-0.25, -0.2) is 4.39 Å². The second-order valence-corrected chi connectivity index (χ2v) is 7.54. The monoisotopic (exact) mass is 393 g/mol. The maximum atomic E-state index is 13.1. The second-order valence-electron chi connectivity index (χ2n) is 6.59. The summed E-state index contributed by atoms with van der Waals surface area (Å²) < 4.78 is 20.5. The summed E-state index contributed by atoms with van der Waals surface area (Å²) in [6, 6.07) is 16.1. The van der Waals surface area contributed by atoms with Crippen molar-refractivity contribution in [2.24, 2.45) is 0 Å². The van der Waals surface area contributed by atoms with Crippen LogP contribution < -0.4 is 0 Å². The van der Waals surface area contributed by atoms with Gasteiger partial charge in [-0.3, -0.25) is 4.57 Å². The molecular formula is C20H16FN5OS. The van der Waals surface area contributed by atoms with E-state index in [9.17, 15) is 4.39 Å². The molecule has 0 atom stereocenters. The third-order valence-corrected chi connectivity index (χ3v) is 5.42. The summed E-state index contributed by atoms with van der Waals surface area (Å²) >= 11 is 1.51. The van der Waals surface area contributed by atoms with E-state index in [1.54, 1.807) is 12.1 Å². The van der Waals surface area contributed by atoms with E-state index in [1.807, 2.05) is 18.2 Å². The quantitative estimate of drug-likeness (QED) is 0.445. The first kappa shape index (κ1) is 17.1. The Morgan fingerprint density at radius 2 is 1.82 bits per heavy atom. The molecule has 28 heavy (non-hydrogen) atoms. The maximum Gasteiger partial charge on any atom is 0.237 e. The molecule has 1 aliphatic carbocycles. The molecule has 8 heteroatoms. The van der Waals surface area contributed by atoms with Crippen LogP contribution in [-0.2, 0) is 5.75 Å². The molecule has 0 amide bonds. The Balaban J connectivity index is 1.37. The van der Waals surface area contributed by atoms with Gasteiger partial charge in [0.15, 0.2) is 5.16 Å². The molecule has 6 nitrogen and oxygen atoms in total. The van der Waals surface area contributed by atoms with Gasteiger partial charge in [0.1, 0.15) is 11.6 Å². The number of hydrogen-bond acceptors (Lipinski definition) is 6. The van der Waals surface area contributed by atoms with Crippen molar-refractivity contribution in [1.82, 2.24) is 24.9 Å². The topological polar surface area (TPSA) is 69.6 Å². The van der Waals surface area contributed by atoms with Gasteiger partial charge in [0.2, 0.25) is 11.7 Å². The lowest BCUT2D eigenvalue weighted by atomic mass is 10.2. The number of para-hydroxylation sites is 1. The number of thioether (sulfide) groups is 1. The Kier molecular flexibility index (Phi) is 4.40. The summed E-state index contributed by atoms with van der Waals surface area (Å²) in [6.45, 7) is 0. The van der Waals surface area contributed by atoms with Crippen LogP contribution in [0.25, 0.3) is 17.1 Å². The average Bonchev–Trinajstić information content (AvgIpc) is 3.31. The maximum absolute atomic E-state index is 13.1. The van der Waals surface area contributed by atoms with Gasteiger partial charge in [-0.05, 0) is 49.2 Å². The molecule has 5 rings (SSSR count). The van der Waals surface area contributed by atoms with E-state index in [1.165, 1.54) is 23.9 Å². The van der Waals surface area contributed by atoms with Crippen LogP contribution in [0.3, 0.4) is 0 Å². The molecule has 0 saturated heterocycles. The molecule has 1 fully saturated rings. The van der Waals surface area contributed by atoms with Crippen molar-refractivity contribution in [3.8, 4) is 17.1 Å². The van der Waals surface area contributed by atoms with Crippen LogP contribution in [0.1, 0.15) is 30.5 Å². The predicted molar refractivity (Wildman–Crippen MR) is 103 cm³/mol. The van der Waals surface area contributed by atoms with Gasteiger partial charge in [0.05, 0.1) is 5.75 Å². The molecule has 0 radical (unpaired) electrons. The van der Waals surface area contributed by atoms with Gasteiger partial charge >= 0.3 is 0 Å². The standard InChI is InChI=1S/C20H16FN5OS/c21-15-10-8-13(9-11-15)18-22-17(27-25-18)12-28-20-24-23-19(14-6-7-14)26(20)16-4-2-1-3-5-16/h1-5,8-11,14H,6-7,12H2. The molecule has 2 aromatic heterocycles. The lowest BCUT2D eigenvalue weighted by Gasteiger charge is -2.08. The van der Waals surface area contributed by atoms with Crippen LogP contribution >= 0.6 is 11.8 Å². The minimum Gasteiger partial charge on any atom is -0.338 e. The van der Waals surface area contributed by atoms with Crippen molar-refractivity contribution >= 4 is 11.8 Å². The Hall–Kier alpha value is -3.00. The number of rotatable bonds is 6. The lowest BCUT2D eigenvalue weighted by Crippen LogP contribution is -2.01. The number of hydrogen-bond donors (Lipinski definition) is 0. The van der Waals surface area contributed by atoms with Crippen molar-refractivity contribution in [2.75, 3.05) is 0 Å². The van der Waals surface area contributed by atoms with Gasteiger partial charge in [-0.1, -0.05) is 35.1 Å². The first-order valence-corrected chi connectivity index (χ1v) is 9.98. The minimum absolute atomic E-state index is 0.297. The summed E-state index contributed by atoms with van der Waals surface area (Å²) in [6.07, 6.45) is 2.31. The number of aromatic nitrogens is 5. The number of nitrogens with zero attached hydrogens (tertiary/aromatic N) is 5. The van der Waals surface area contributed by atoms with Crippen molar-refractivity contribution in [1.29, 1.82) is 0 Å². The lowest BCUT2D eigenvalue weighted by molar-refractivity contribution is 0.391. The van der Waals surface area contributed by atoms with Crippen LogP contribution in [-0.4, -0.2) is 24.9 Å². The fourth-order valence-corrected chi connectivity index (χ4v) is 3.75.